The van der Waals surface area contributed by atoms with Crippen molar-refractivity contribution in [2.24, 2.45) is 11.0 Å². The quantitative estimate of drug-likeness (QED) is 0.461. The third kappa shape index (κ3) is 5.49. The normalized spacial score (nSPS) is 11.2. The number of hydrogen-bond acceptors (Lipinski definition) is 7. The highest BCUT2D eigenvalue weighted by Crippen LogP contribution is 2.29. The van der Waals surface area contributed by atoms with Crippen molar-refractivity contribution in [2.45, 2.75) is 46.5 Å². The Hall–Kier alpha value is -3.01. The molecule has 1 aromatic carbocycles. The Bertz CT molecular complexity index is 833. The Morgan fingerprint density at radius 1 is 1.29 bits per heavy atom. The van der Waals surface area contributed by atoms with Crippen molar-refractivity contribution in [3.8, 4) is 17.6 Å². The van der Waals surface area contributed by atoms with Crippen molar-refractivity contribution < 1.29 is 13.9 Å². The lowest BCUT2D eigenvalue weighted by Crippen LogP contribution is -2.05. The number of methoxy groups -OCH3 is 1. The molecule has 0 fully saturated rings. The summed E-state index contributed by atoms with van der Waals surface area (Å²) < 4.78 is 16.8. The molecule has 7 nitrogen and oxygen atoms in total. The summed E-state index contributed by atoms with van der Waals surface area (Å²) in [5, 5.41) is 13.4. The smallest absolute Gasteiger partial charge is 0.252 e. The molecule has 0 saturated carbocycles. The minimum Gasteiger partial charge on any atom is -0.493 e. The topological polar surface area (TPSA) is 92.7 Å². The van der Waals surface area contributed by atoms with Crippen LogP contribution in [0.25, 0.3) is 0 Å². The number of oxazole rings is 1. The number of rotatable bonds is 10. The van der Waals surface area contributed by atoms with Crippen molar-refractivity contribution in [2.75, 3.05) is 19.1 Å². The van der Waals surface area contributed by atoms with E-state index in [0.29, 0.717) is 29.9 Å². The predicted molar refractivity (Wildman–Crippen MR) is 109 cm³/mol. The minimum atomic E-state index is 0.189. The van der Waals surface area contributed by atoms with Crippen LogP contribution in [0.3, 0.4) is 0 Å². The monoisotopic (exact) mass is 384 g/mol. The Balaban J connectivity index is 2.11. The number of nitrogens with one attached hydrogen (secondary N) is 1. The van der Waals surface area contributed by atoms with Gasteiger partial charge < -0.3 is 13.9 Å². The second-order valence-electron chi connectivity index (χ2n) is 6.84. The van der Waals surface area contributed by atoms with Gasteiger partial charge in [-0.05, 0) is 42.5 Å². The summed E-state index contributed by atoms with van der Waals surface area (Å²) in [5.74, 6) is 2.76. The zero-order valence-corrected chi connectivity index (χ0v) is 17.2. The number of nitriles is 1. The van der Waals surface area contributed by atoms with Gasteiger partial charge in [0.05, 0.1) is 19.9 Å². The average molecular weight is 384 g/mol. The summed E-state index contributed by atoms with van der Waals surface area (Å²) in [6, 6.07) is 7.60. The number of aromatic nitrogens is 1. The van der Waals surface area contributed by atoms with E-state index in [1.54, 1.807) is 13.3 Å². The molecule has 0 atom stereocenters. The fraction of sp³-hybridized carbons (Fsp3) is 0.476. The molecule has 1 aromatic heterocycles. The summed E-state index contributed by atoms with van der Waals surface area (Å²) in [7, 11) is 1.60. The molecule has 0 bridgehead atoms. The van der Waals surface area contributed by atoms with E-state index in [2.05, 4.69) is 43.2 Å². The van der Waals surface area contributed by atoms with Gasteiger partial charge in [-0.25, -0.2) is 10.4 Å². The SMILES string of the molecule is CCC(CC)c1nc(C#N)c(NN=Cc2ccc(OCC(C)C)c(OC)c2)o1. The van der Waals surface area contributed by atoms with E-state index in [4.69, 9.17) is 13.9 Å². The third-order valence-corrected chi connectivity index (χ3v) is 4.22. The van der Waals surface area contributed by atoms with E-state index in [0.717, 1.165) is 18.4 Å². The molecule has 7 heteroatoms. The molecule has 0 aliphatic rings. The summed E-state index contributed by atoms with van der Waals surface area (Å²) in [6.07, 6.45) is 3.42. The van der Waals surface area contributed by atoms with Gasteiger partial charge in [-0.2, -0.15) is 10.4 Å². The minimum absolute atomic E-state index is 0.189. The van der Waals surface area contributed by atoms with Crippen LogP contribution in [0.4, 0.5) is 5.88 Å². The highest BCUT2D eigenvalue weighted by molar-refractivity contribution is 5.81. The zero-order chi connectivity index (χ0) is 20.5. The first-order valence-electron chi connectivity index (χ1n) is 9.53. The van der Waals surface area contributed by atoms with Crippen LogP contribution in [0.1, 0.15) is 63.6 Å². The standard InChI is InChI=1S/C21H28N4O3/c1-6-16(7-2)20-24-17(11-22)21(28-20)25-23-12-15-8-9-18(19(10-15)26-5)27-13-14(3)4/h8-10,12,14,16,25H,6-7,13H2,1-5H3. The summed E-state index contributed by atoms with van der Waals surface area (Å²) in [6.45, 7) is 8.93. The van der Waals surface area contributed by atoms with Gasteiger partial charge in [0.1, 0.15) is 6.07 Å². The maximum absolute atomic E-state index is 9.27. The van der Waals surface area contributed by atoms with E-state index < -0.39 is 0 Å². The van der Waals surface area contributed by atoms with E-state index in [1.807, 2.05) is 24.3 Å². The molecular formula is C21H28N4O3. The lowest BCUT2D eigenvalue weighted by Gasteiger charge is -2.12. The largest absolute Gasteiger partial charge is 0.493 e. The molecule has 0 spiro atoms. The molecule has 150 valence electrons. The molecule has 0 unspecified atom stereocenters. The van der Waals surface area contributed by atoms with Crippen LogP contribution in [-0.2, 0) is 0 Å². The van der Waals surface area contributed by atoms with Gasteiger partial charge >= 0.3 is 0 Å². The van der Waals surface area contributed by atoms with Crippen molar-refractivity contribution >= 4 is 12.1 Å². The van der Waals surface area contributed by atoms with E-state index in [-0.39, 0.29) is 17.5 Å². The molecule has 28 heavy (non-hydrogen) atoms. The van der Waals surface area contributed by atoms with Crippen molar-refractivity contribution in [1.82, 2.24) is 4.98 Å². The molecule has 2 rings (SSSR count). The second-order valence-corrected chi connectivity index (χ2v) is 6.84. The molecule has 0 aliphatic heterocycles. The van der Waals surface area contributed by atoms with Crippen LogP contribution >= 0.6 is 0 Å². The zero-order valence-electron chi connectivity index (χ0n) is 17.2. The van der Waals surface area contributed by atoms with Gasteiger partial charge in [-0.15, -0.1) is 0 Å². The van der Waals surface area contributed by atoms with Crippen molar-refractivity contribution in [1.29, 1.82) is 5.26 Å². The average Bonchev–Trinajstić information content (AvgIpc) is 3.10. The lowest BCUT2D eigenvalue weighted by molar-refractivity contribution is 0.257. The first-order chi connectivity index (χ1) is 13.5. The maximum atomic E-state index is 9.27. The highest BCUT2D eigenvalue weighted by atomic mass is 16.5. The van der Waals surface area contributed by atoms with Gasteiger partial charge in [-0.1, -0.05) is 27.7 Å². The lowest BCUT2D eigenvalue weighted by atomic mass is 10.0. The molecule has 2 aromatic rings. The van der Waals surface area contributed by atoms with E-state index >= 15 is 0 Å². The summed E-state index contributed by atoms with van der Waals surface area (Å²) >= 11 is 0. The van der Waals surface area contributed by atoms with Crippen LogP contribution in [0, 0.1) is 17.2 Å². The molecule has 1 heterocycles. The molecule has 0 amide bonds. The fourth-order valence-electron chi connectivity index (χ4n) is 2.61. The molecular weight excluding hydrogens is 356 g/mol. The number of nitrogens with zero attached hydrogens (tertiary/aromatic N) is 3. The van der Waals surface area contributed by atoms with E-state index in [1.165, 1.54) is 0 Å². The molecule has 0 aliphatic carbocycles. The van der Waals surface area contributed by atoms with Crippen LogP contribution in [0.2, 0.25) is 0 Å². The Morgan fingerprint density at radius 3 is 2.64 bits per heavy atom. The maximum Gasteiger partial charge on any atom is 0.252 e. The first kappa shape index (κ1) is 21.3. The molecule has 0 saturated heterocycles. The number of hydrogen-bond donors (Lipinski definition) is 1. The molecule has 1 N–H and O–H groups in total. The fourth-order valence-corrected chi connectivity index (χ4v) is 2.61. The van der Waals surface area contributed by atoms with E-state index in [9.17, 15) is 5.26 Å². The van der Waals surface area contributed by atoms with Crippen LogP contribution in [0.15, 0.2) is 27.7 Å². The summed E-state index contributed by atoms with van der Waals surface area (Å²) in [5.41, 5.74) is 3.80. The first-order valence-corrected chi connectivity index (χ1v) is 9.53. The van der Waals surface area contributed by atoms with Crippen LogP contribution < -0.4 is 14.9 Å². The Kier molecular flexibility index (Phi) is 7.88. The van der Waals surface area contributed by atoms with Gasteiger partial charge in [0.2, 0.25) is 11.6 Å². The Morgan fingerprint density at radius 2 is 2.04 bits per heavy atom. The van der Waals surface area contributed by atoms with Gasteiger partial charge in [0.15, 0.2) is 11.5 Å². The van der Waals surface area contributed by atoms with Crippen LogP contribution in [0.5, 0.6) is 11.5 Å². The van der Waals surface area contributed by atoms with Gasteiger partial charge in [-0.3, -0.25) is 0 Å². The van der Waals surface area contributed by atoms with Gasteiger partial charge in [0, 0.05) is 5.92 Å². The Labute approximate surface area is 166 Å². The molecule has 0 radical (unpaired) electrons. The number of anilines is 1. The third-order valence-electron chi connectivity index (χ3n) is 4.22. The van der Waals surface area contributed by atoms with Crippen molar-refractivity contribution in [3.05, 3.63) is 35.3 Å². The number of benzene rings is 1. The predicted octanol–water partition coefficient (Wildman–Crippen LogP) is 4.94. The van der Waals surface area contributed by atoms with Crippen molar-refractivity contribution in [3.63, 3.8) is 0 Å². The van der Waals surface area contributed by atoms with Gasteiger partial charge in [0.25, 0.3) is 5.88 Å². The number of ether oxygens (including phenoxy) is 2. The number of hydrazone groups is 1. The highest BCUT2D eigenvalue weighted by Gasteiger charge is 2.18. The second kappa shape index (κ2) is 10.4. The van der Waals surface area contributed by atoms with Crippen LogP contribution in [-0.4, -0.2) is 24.9 Å². The summed E-state index contributed by atoms with van der Waals surface area (Å²) in [4.78, 5) is 4.27.